The van der Waals surface area contributed by atoms with E-state index in [1.165, 1.54) is 0 Å². The molecule has 0 aliphatic carbocycles. The Balaban J connectivity index is 2.73. The van der Waals surface area contributed by atoms with Crippen molar-refractivity contribution in [2.75, 3.05) is 0 Å². The van der Waals surface area contributed by atoms with Gasteiger partial charge in [-0.3, -0.25) is 4.79 Å². The summed E-state index contributed by atoms with van der Waals surface area (Å²) in [4.78, 5) is 11.6. The first kappa shape index (κ1) is 12.7. The number of nitrogens with two attached hydrogens (primary N) is 1. The second-order valence-electron chi connectivity index (χ2n) is 3.98. The molecule has 1 aromatic rings. The summed E-state index contributed by atoms with van der Waals surface area (Å²) in [6.07, 6.45) is 0.625. The van der Waals surface area contributed by atoms with Gasteiger partial charge in [-0.2, -0.15) is 0 Å². The summed E-state index contributed by atoms with van der Waals surface area (Å²) in [6, 6.07) is -0.584. The highest BCUT2D eigenvalue weighted by atomic mass is 16.5. The molecule has 2 atom stereocenters. The first-order chi connectivity index (χ1) is 7.47. The molecule has 1 unspecified atom stereocenters. The first-order valence-corrected chi connectivity index (χ1v) is 5.46. The fourth-order valence-corrected chi connectivity index (χ4v) is 1.69. The maximum Gasteiger partial charge on any atom is 0.237 e. The third-order valence-corrected chi connectivity index (χ3v) is 2.66. The molecule has 1 heterocycles. The van der Waals surface area contributed by atoms with Crippen LogP contribution in [0.5, 0.6) is 0 Å². The zero-order chi connectivity index (χ0) is 12.3. The Kier molecular flexibility index (Phi) is 4.06. The Morgan fingerprint density at radius 2 is 2.19 bits per heavy atom. The number of carbonyl (C=O) groups excluding carboxylic acids is 1. The van der Waals surface area contributed by atoms with Crippen molar-refractivity contribution in [1.29, 1.82) is 0 Å². The topological polar surface area (TPSA) is 81.2 Å². The minimum absolute atomic E-state index is 0.128. The average molecular weight is 225 g/mol. The molecule has 90 valence electrons. The monoisotopic (exact) mass is 225 g/mol. The standard InChI is InChI=1S/C11H19N3O2/c1-5-9(12)11(15)13-6(2)10-7(3)14-16-8(10)4/h6,9H,5,12H2,1-4H3,(H,13,15)/t6?,9-/m0/s1. The van der Waals surface area contributed by atoms with Crippen LogP contribution in [0.3, 0.4) is 0 Å². The summed E-state index contributed by atoms with van der Waals surface area (Å²) in [6.45, 7) is 7.46. The summed E-state index contributed by atoms with van der Waals surface area (Å²) < 4.78 is 5.05. The Morgan fingerprint density at radius 3 is 2.62 bits per heavy atom. The third-order valence-electron chi connectivity index (χ3n) is 2.66. The molecule has 0 bridgehead atoms. The van der Waals surface area contributed by atoms with E-state index in [0.29, 0.717) is 6.42 Å². The number of hydrogen-bond donors (Lipinski definition) is 2. The summed E-state index contributed by atoms with van der Waals surface area (Å²) in [5.74, 6) is 0.588. The van der Waals surface area contributed by atoms with Gasteiger partial charge >= 0.3 is 0 Å². The van der Waals surface area contributed by atoms with Crippen LogP contribution in [-0.4, -0.2) is 17.1 Å². The molecule has 0 radical (unpaired) electrons. The van der Waals surface area contributed by atoms with Crippen LogP contribution in [0.1, 0.15) is 43.3 Å². The number of hydrogen-bond acceptors (Lipinski definition) is 4. The zero-order valence-electron chi connectivity index (χ0n) is 10.2. The van der Waals surface area contributed by atoms with Crippen molar-refractivity contribution in [3.63, 3.8) is 0 Å². The lowest BCUT2D eigenvalue weighted by atomic mass is 10.1. The summed E-state index contributed by atoms with van der Waals surface area (Å²) >= 11 is 0. The Hall–Kier alpha value is -1.36. The third kappa shape index (κ3) is 2.61. The molecule has 0 fully saturated rings. The lowest BCUT2D eigenvalue weighted by Gasteiger charge is -2.16. The van der Waals surface area contributed by atoms with E-state index in [2.05, 4.69) is 10.5 Å². The molecule has 5 nitrogen and oxygen atoms in total. The van der Waals surface area contributed by atoms with Gasteiger partial charge in [-0.15, -0.1) is 0 Å². The molecule has 1 amide bonds. The fourth-order valence-electron chi connectivity index (χ4n) is 1.69. The quantitative estimate of drug-likeness (QED) is 0.807. The van der Waals surface area contributed by atoms with E-state index in [-0.39, 0.29) is 11.9 Å². The molecule has 0 saturated heterocycles. The smallest absolute Gasteiger partial charge is 0.237 e. The van der Waals surface area contributed by atoms with Crippen molar-refractivity contribution >= 4 is 5.91 Å². The van der Waals surface area contributed by atoms with E-state index < -0.39 is 6.04 Å². The van der Waals surface area contributed by atoms with E-state index in [4.69, 9.17) is 10.3 Å². The molecule has 0 aliphatic heterocycles. The summed E-state index contributed by atoms with van der Waals surface area (Å²) in [5.41, 5.74) is 7.37. The summed E-state index contributed by atoms with van der Waals surface area (Å²) in [7, 11) is 0. The minimum atomic E-state index is -0.456. The molecule has 0 aromatic carbocycles. The first-order valence-electron chi connectivity index (χ1n) is 5.46. The summed E-state index contributed by atoms with van der Waals surface area (Å²) in [5, 5.41) is 6.70. The van der Waals surface area contributed by atoms with Crippen LogP contribution in [0.15, 0.2) is 4.52 Å². The number of carbonyl (C=O) groups is 1. The largest absolute Gasteiger partial charge is 0.361 e. The molecule has 5 heteroatoms. The van der Waals surface area contributed by atoms with Gasteiger partial charge in [0.15, 0.2) is 0 Å². The van der Waals surface area contributed by atoms with Crippen LogP contribution in [0.4, 0.5) is 0 Å². The molecule has 0 spiro atoms. The Labute approximate surface area is 95.4 Å². The minimum Gasteiger partial charge on any atom is -0.361 e. The second-order valence-corrected chi connectivity index (χ2v) is 3.98. The van der Waals surface area contributed by atoms with Gasteiger partial charge in [0.2, 0.25) is 5.91 Å². The Morgan fingerprint density at radius 1 is 1.56 bits per heavy atom. The van der Waals surface area contributed by atoms with Crippen molar-refractivity contribution in [3.05, 3.63) is 17.0 Å². The predicted molar refractivity (Wildman–Crippen MR) is 60.8 cm³/mol. The van der Waals surface area contributed by atoms with Crippen molar-refractivity contribution < 1.29 is 9.32 Å². The van der Waals surface area contributed by atoms with Crippen LogP contribution in [0.25, 0.3) is 0 Å². The number of nitrogens with zero attached hydrogens (tertiary/aromatic N) is 1. The molecule has 3 N–H and O–H groups in total. The van der Waals surface area contributed by atoms with Crippen LogP contribution in [0.2, 0.25) is 0 Å². The molecule has 16 heavy (non-hydrogen) atoms. The number of aryl methyl sites for hydroxylation is 2. The van der Waals surface area contributed by atoms with Gasteiger partial charge in [-0.25, -0.2) is 0 Å². The van der Waals surface area contributed by atoms with E-state index in [1.807, 2.05) is 27.7 Å². The average Bonchev–Trinajstić information content (AvgIpc) is 2.57. The highest BCUT2D eigenvalue weighted by Crippen LogP contribution is 2.20. The van der Waals surface area contributed by atoms with Gasteiger partial charge in [-0.05, 0) is 27.2 Å². The van der Waals surface area contributed by atoms with Crippen LogP contribution < -0.4 is 11.1 Å². The maximum absolute atomic E-state index is 11.6. The van der Waals surface area contributed by atoms with Gasteiger partial charge in [0.05, 0.1) is 17.8 Å². The number of aromatic nitrogens is 1. The molecular formula is C11H19N3O2. The number of amides is 1. The van der Waals surface area contributed by atoms with E-state index in [1.54, 1.807) is 0 Å². The molecular weight excluding hydrogens is 206 g/mol. The van der Waals surface area contributed by atoms with Crippen molar-refractivity contribution in [1.82, 2.24) is 10.5 Å². The zero-order valence-corrected chi connectivity index (χ0v) is 10.2. The van der Waals surface area contributed by atoms with Gasteiger partial charge in [0.1, 0.15) is 5.76 Å². The van der Waals surface area contributed by atoms with Gasteiger partial charge in [0.25, 0.3) is 0 Å². The van der Waals surface area contributed by atoms with Crippen molar-refractivity contribution in [2.24, 2.45) is 5.73 Å². The van der Waals surface area contributed by atoms with Crippen LogP contribution >= 0.6 is 0 Å². The van der Waals surface area contributed by atoms with E-state index in [9.17, 15) is 4.79 Å². The SMILES string of the molecule is CC[C@H](N)C(=O)NC(C)c1c(C)noc1C. The van der Waals surface area contributed by atoms with Crippen LogP contribution in [-0.2, 0) is 4.79 Å². The van der Waals surface area contributed by atoms with Gasteiger partial charge < -0.3 is 15.6 Å². The van der Waals surface area contributed by atoms with Crippen molar-refractivity contribution in [3.8, 4) is 0 Å². The second kappa shape index (κ2) is 5.12. The highest BCUT2D eigenvalue weighted by Gasteiger charge is 2.20. The Bertz CT molecular complexity index is 354. The highest BCUT2D eigenvalue weighted by molar-refractivity contribution is 5.81. The molecule has 1 aromatic heterocycles. The molecule has 0 aliphatic rings. The lowest BCUT2D eigenvalue weighted by molar-refractivity contribution is -0.123. The predicted octanol–water partition coefficient (Wildman–Crippen LogP) is 1.21. The van der Waals surface area contributed by atoms with Crippen molar-refractivity contribution in [2.45, 2.75) is 46.2 Å². The van der Waals surface area contributed by atoms with E-state index in [0.717, 1.165) is 17.0 Å². The molecule has 1 rings (SSSR count). The van der Waals surface area contributed by atoms with E-state index >= 15 is 0 Å². The number of nitrogens with one attached hydrogen (secondary N) is 1. The lowest BCUT2D eigenvalue weighted by Crippen LogP contribution is -2.41. The number of rotatable bonds is 4. The van der Waals surface area contributed by atoms with Crippen LogP contribution in [0, 0.1) is 13.8 Å². The molecule has 0 saturated carbocycles. The maximum atomic E-state index is 11.6. The van der Waals surface area contributed by atoms with Gasteiger partial charge in [-0.1, -0.05) is 12.1 Å². The van der Waals surface area contributed by atoms with Gasteiger partial charge in [0, 0.05) is 5.56 Å². The fraction of sp³-hybridized carbons (Fsp3) is 0.636. The normalized spacial score (nSPS) is 14.6.